The number of rotatable bonds is 3. The van der Waals surface area contributed by atoms with Gasteiger partial charge in [0.15, 0.2) is 0 Å². The summed E-state index contributed by atoms with van der Waals surface area (Å²) in [4.78, 5) is 2.35. The zero-order valence-corrected chi connectivity index (χ0v) is 9.47. The molecule has 0 spiro atoms. The van der Waals surface area contributed by atoms with Gasteiger partial charge in [-0.3, -0.25) is 0 Å². The summed E-state index contributed by atoms with van der Waals surface area (Å²) in [6.07, 6.45) is 2.26. The number of hydrogen-bond acceptors (Lipinski definition) is 4. The summed E-state index contributed by atoms with van der Waals surface area (Å²) in [5.74, 6) is 0. The molecule has 1 heterocycles. The fourth-order valence-corrected chi connectivity index (χ4v) is 2.49. The van der Waals surface area contributed by atoms with E-state index >= 15 is 0 Å². The van der Waals surface area contributed by atoms with Crippen LogP contribution in [0.15, 0.2) is 24.3 Å². The molecule has 1 aromatic carbocycles. The lowest BCUT2D eigenvalue weighted by atomic mass is 10.2. The topological polar surface area (TPSA) is 81.3 Å². The fourth-order valence-electron chi connectivity index (χ4n) is 2.49. The lowest BCUT2D eigenvalue weighted by Gasteiger charge is -2.31. The smallest absolute Gasteiger partial charge is 0.0416 e. The number of hydrogen-bond donors (Lipinski definition) is 3. The molecule has 0 aromatic heterocycles. The molecule has 0 amide bonds. The number of nitrogen functional groups attached to an aromatic ring is 1. The van der Waals surface area contributed by atoms with Crippen molar-refractivity contribution >= 4 is 11.4 Å². The van der Waals surface area contributed by atoms with Gasteiger partial charge >= 0.3 is 0 Å². The van der Waals surface area contributed by atoms with Gasteiger partial charge in [0.25, 0.3) is 0 Å². The van der Waals surface area contributed by atoms with Crippen molar-refractivity contribution < 1.29 is 0 Å². The van der Waals surface area contributed by atoms with Gasteiger partial charge in [-0.1, -0.05) is 0 Å². The first-order valence-electron chi connectivity index (χ1n) is 5.80. The summed E-state index contributed by atoms with van der Waals surface area (Å²) in [6, 6.07) is 8.77. The van der Waals surface area contributed by atoms with E-state index in [2.05, 4.69) is 4.90 Å². The highest BCUT2D eigenvalue weighted by atomic mass is 15.2. The second-order valence-corrected chi connectivity index (χ2v) is 4.36. The summed E-state index contributed by atoms with van der Waals surface area (Å²) >= 11 is 0. The van der Waals surface area contributed by atoms with Crippen LogP contribution in [-0.4, -0.2) is 25.2 Å². The summed E-state index contributed by atoms with van der Waals surface area (Å²) < 4.78 is 0. The monoisotopic (exact) mass is 220 g/mol. The number of anilines is 2. The van der Waals surface area contributed by atoms with Gasteiger partial charge < -0.3 is 22.1 Å². The zero-order valence-electron chi connectivity index (χ0n) is 9.47. The quantitative estimate of drug-likeness (QED) is 0.649. The van der Waals surface area contributed by atoms with Gasteiger partial charge in [0.1, 0.15) is 0 Å². The molecular formula is C12H20N4. The second-order valence-electron chi connectivity index (χ2n) is 4.36. The molecule has 1 aliphatic rings. The van der Waals surface area contributed by atoms with E-state index in [4.69, 9.17) is 17.2 Å². The van der Waals surface area contributed by atoms with Gasteiger partial charge in [-0.25, -0.2) is 0 Å². The second kappa shape index (κ2) is 4.72. The van der Waals surface area contributed by atoms with Crippen LogP contribution in [-0.2, 0) is 0 Å². The molecule has 2 unspecified atom stereocenters. The summed E-state index contributed by atoms with van der Waals surface area (Å²) in [5.41, 5.74) is 19.3. The Labute approximate surface area is 96.4 Å². The van der Waals surface area contributed by atoms with Crippen molar-refractivity contribution in [2.75, 3.05) is 23.7 Å². The van der Waals surface area contributed by atoms with E-state index < -0.39 is 0 Å². The van der Waals surface area contributed by atoms with E-state index in [0.717, 1.165) is 18.5 Å². The van der Waals surface area contributed by atoms with Gasteiger partial charge in [-0.2, -0.15) is 0 Å². The Morgan fingerprint density at radius 2 is 1.50 bits per heavy atom. The van der Waals surface area contributed by atoms with Gasteiger partial charge in [-0.15, -0.1) is 0 Å². The van der Waals surface area contributed by atoms with Crippen LogP contribution in [0.4, 0.5) is 11.4 Å². The Kier molecular flexibility index (Phi) is 3.31. The van der Waals surface area contributed by atoms with Crippen LogP contribution in [0.5, 0.6) is 0 Å². The van der Waals surface area contributed by atoms with Crippen LogP contribution in [0.1, 0.15) is 12.8 Å². The third-order valence-corrected chi connectivity index (χ3v) is 3.36. The highest BCUT2D eigenvalue weighted by molar-refractivity contribution is 5.55. The van der Waals surface area contributed by atoms with Gasteiger partial charge in [0.05, 0.1) is 0 Å². The minimum atomic E-state index is 0.414. The number of nitrogens with zero attached hydrogens (tertiary/aromatic N) is 1. The first-order valence-corrected chi connectivity index (χ1v) is 5.80. The number of benzene rings is 1. The van der Waals surface area contributed by atoms with E-state index in [0.29, 0.717) is 25.2 Å². The standard InChI is InChI=1S/C12H20N4/c13-7-11-5-6-12(8-14)16(11)10-3-1-9(15)2-4-10/h1-4,11-12H,5-8,13-15H2. The predicted octanol–water partition coefficient (Wildman–Crippen LogP) is 0.524. The Morgan fingerprint density at radius 1 is 1.00 bits per heavy atom. The van der Waals surface area contributed by atoms with Crippen molar-refractivity contribution in [1.82, 2.24) is 0 Å². The summed E-state index contributed by atoms with van der Waals surface area (Å²) in [5, 5.41) is 0. The molecule has 4 heteroatoms. The van der Waals surface area contributed by atoms with Gasteiger partial charge in [0.2, 0.25) is 0 Å². The van der Waals surface area contributed by atoms with E-state index in [9.17, 15) is 0 Å². The van der Waals surface area contributed by atoms with Crippen LogP contribution in [0.2, 0.25) is 0 Å². The first-order chi connectivity index (χ1) is 7.76. The maximum atomic E-state index is 5.80. The molecule has 2 rings (SSSR count). The van der Waals surface area contributed by atoms with Crippen molar-refractivity contribution in [2.24, 2.45) is 11.5 Å². The Hall–Kier alpha value is -1.26. The molecule has 88 valence electrons. The normalized spacial score (nSPS) is 25.0. The molecule has 0 saturated carbocycles. The maximum absolute atomic E-state index is 5.80. The first kappa shape index (κ1) is 11.2. The minimum absolute atomic E-state index is 0.414. The lowest BCUT2D eigenvalue weighted by Crippen LogP contribution is -2.43. The zero-order chi connectivity index (χ0) is 11.5. The molecule has 0 bridgehead atoms. The summed E-state index contributed by atoms with van der Waals surface area (Å²) in [7, 11) is 0. The Balaban J connectivity index is 2.24. The molecule has 0 radical (unpaired) electrons. The van der Waals surface area contributed by atoms with Gasteiger partial charge in [-0.05, 0) is 37.1 Å². The maximum Gasteiger partial charge on any atom is 0.0416 e. The molecule has 1 aromatic rings. The lowest BCUT2D eigenvalue weighted by molar-refractivity contribution is 0.633. The van der Waals surface area contributed by atoms with Crippen LogP contribution >= 0.6 is 0 Å². The van der Waals surface area contributed by atoms with Crippen molar-refractivity contribution in [2.45, 2.75) is 24.9 Å². The highest BCUT2D eigenvalue weighted by Crippen LogP contribution is 2.30. The van der Waals surface area contributed by atoms with E-state index in [-0.39, 0.29) is 0 Å². The molecule has 2 atom stereocenters. The third kappa shape index (κ3) is 1.99. The van der Waals surface area contributed by atoms with Crippen LogP contribution in [0.25, 0.3) is 0 Å². The highest BCUT2D eigenvalue weighted by Gasteiger charge is 2.31. The predicted molar refractivity (Wildman–Crippen MR) is 68.3 cm³/mol. The van der Waals surface area contributed by atoms with Crippen molar-refractivity contribution in [3.8, 4) is 0 Å². The Bertz CT molecular complexity index is 323. The van der Waals surface area contributed by atoms with E-state index in [1.54, 1.807) is 0 Å². The molecule has 4 nitrogen and oxygen atoms in total. The molecule has 16 heavy (non-hydrogen) atoms. The molecular weight excluding hydrogens is 200 g/mol. The fraction of sp³-hybridized carbons (Fsp3) is 0.500. The van der Waals surface area contributed by atoms with Gasteiger partial charge in [0, 0.05) is 36.5 Å². The van der Waals surface area contributed by atoms with E-state index in [1.165, 1.54) is 5.69 Å². The average molecular weight is 220 g/mol. The SMILES string of the molecule is NCC1CCC(CN)N1c1ccc(N)cc1. The molecule has 1 aliphatic heterocycles. The minimum Gasteiger partial charge on any atom is -0.399 e. The Morgan fingerprint density at radius 3 is 1.94 bits per heavy atom. The molecule has 6 N–H and O–H groups in total. The van der Waals surface area contributed by atoms with Crippen LogP contribution < -0.4 is 22.1 Å². The average Bonchev–Trinajstić information content (AvgIpc) is 2.73. The van der Waals surface area contributed by atoms with Crippen molar-refractivity contribution in [3.63, 3.8) is 0 Å². The van der Waals surface area contributed by atoms with Crippen molar-refractivity contribution in [3.05, 3.63) is 24.3 Å². The third-order valence-electron chi connectivity index (χ3n) is 3.36. The van der Waals surface area contributed by atoms with Crippen LogP contribution in [0, 0.1) is 0 Å². The molecule has 1 saturated heterocycles. The van der Waals surface area contributed by atoms with Crippen molar-refractivity contribution in [1.29, 1.82) is 0 Å². The van der Waals surface area contributed by atoms with E-state index in [1.807, 2.05) is 24.3 Å². The molecule has 1 fully saturated rings. The largest absolute Gasteiger partial charge is 0.399 e. The molecule has 0 aliphatic carbocycles. The summed E-state index contributed by atoms with van der Waals surface area (Å²) in [6.45, 7) is 1.36. The van der Waals surface area contributed by atoms with Crippen LogP contribution in [0.3, 0.4) is 0 Å². The number of nitrogens with two attached hydrogens (primary N) is 3.